The molecule has 0 aromatic heterocycles. The van der Waals surface area contributed by atoms with Crippen molar-refractivity contribution >= 4 is 39.3 Å². The number of rotatable bonds is 3. The number of fused-ring (bicyclic) bond motifs is 2. The summed E-state index contributed by atoms with van der Waals surface area (Å²) in [6, 6.07) is 6.55. The van der Waals surface area contributed by atoms with Crippen LogP contribution in [0.25, 0.3) is 0 Å². The van der Waals surface area contributed by atoms with Gasteiger partial charge in [0.2, 0.25) is 5.91 Å². The summed E-state index contributed by atoms with van der Waals surface area (Å²) >= 11 is 3.51. The number of benzene rings is 1. The zero-order chi connectivity index (χ0) is 18.6. The van der Waals surface area contributed by atoms with Gasteiger partial charge in [-0.1, -0.05) is 36.7 Å². The minimum absolute atomic E-state index is 0.111. The van der Waals surface area contributed by atoms with E-state index in [0.29, 0.717) is 17.7 Å². The third kappa shape index (κ3) is 2.16. The molecule has 1 N–H and O–H groups in total. The number of nitrogens with one attached hydrogen (secondary N) is 1. The fraction of sp³-hybridized carbons (Fsp3) is 0.526. The summed E-state index contributed by atoms with van der Waals surface area (Å²) in [5.41, 5.74) is -0.702. The maximum atomic E-state index is 13.2. The van der Waals surface area contributed by atoms with Crippen molar-refractivity contribution in [3.63, 3.8) is 0 Å². The minimum Gasteiger partial charge on any atom is -0.465 e. The highest BCUT2D eigenvalue weighted by molar-refractivity contribution is 9.10. The third-order valence-electron chi connectivity index (χ3n) is 6.69. The molecule has 2 fully saturated rings. The van der Waals surface area contributed by atoms with Gasteiger partial charge in [-0.15, -0.1) is 0 Å². The second-order valence-corrected chi connectivity index (χ2v) is 8.59. The number of ketones is 1. The summed E-state index contributed by atoms with van der Waals surface area (Å²) in [6.07, 6.45) is 1.39. The first kappa shape index (κ1) is 18.1. The molecule has 2 bridgehead atoms. The first-order valence-electron chi connectivity index (χ1n) is 8.30. The van der Waals surface area contributed by atoms with Crippen LogP contribution in [0.1, 0.15) is 44.0 Å². The summed E-state index contributed by atoms with van der Waals surface area (Å²) in [7, 11) is 1.32. The summed E-state index contributed by atoms with van der Waals surface area (Å²) in [4.78, 5) is 37.0. The van der Waals surface area contributed by atoms with E-state index < -0.39 is 27.0 Å². The monoisotopic (exact) mass is 407 g/mol. The highest BCUT2D eigenvalue weighted by Gasteiger charge is 2.76. The van der Waals surface area contributed by atoms with Crippen molar-refractivity contribution in [2.24, 2.45) is 16.2 Å². The maximum Gasteiger partial charge on any atom is 0.337 e. The number of hydrogen-bond donors (Lipinski definition) is 1. The SMILES string of the molecule is COC(=O)c1ccc(NC(=O)[C@]23CC[C@@](C)(C(=O)[C@H]2Br)C3(C)C)cc1. The number of esters is 1. The van der Waals surface area contributed by atoms with Crippen LogP contribution in [-0.2, 0) is 14.3 Å². The summed E-state index contributed by atoms with van der Waals surface area (Å²) in [5, 5.41) is 2.94. The van der Waals surface area contributed by atoms with Gasteiger partial charge in [0, 0.05) is 11.1 Å². The second-order valence-electron chi connectivity index (χ2n) is 7.68. The van der Waals surface area contributed by atoms with E-state index in [4.69, 9.17) is 0 Å². The van der Waals surface area contributed by atoms with Gasteiger partial charge in [0.1, 0.15) is 0 Å². The molecule has 3 rings (SSSR count). The lowest BCUT2D eigenvalue weighted by atomic mass is 9.64. The van der Waals surface area contributed by atoms with Crippen LogP contribution < -0.4 is 5.32 Å². The van der Waals surface area contributed by atoms with Gasteiger partial charge in [-0.05, 0) is 42.5 Å². The lowest BCUT2D eigenvalue weighted by Crippen LogP contribution is -2.47. The molecule has 1 amide bonds. The highest BCUT2D eigenvalue weighted by Crippen LogP contribution is 2.72. The molecule has 6 heteroatoms. The quantitative estimate of drug-likeness (QED) is 0.613. The average molecular weight is 408 g/mol. The Morgan fingerprint density at radius 3 is 2.24 bits per heavy atom. The van der Waals surface area contributed by atoms with Gasteiger partial charge in [0.05, 0.1) is 22.9 Å². The molecule has 1 aromatic carbocycles. The molecule has 0 unspecified atom stereocenters. The Labute approximate surface area is 155 Å². The largest absolute Gasteiger partial charge is 0.465 e. The van der Waals surface area contributed by atoms with Gasteiger partial charge in [0.25, 0.3) is 0 Å². The highest BCUT2D eigenvalue weighted by atomic mass is 79.9. The molecular weight excluding hydrogens is 386 g/mol. The number of ether oxygens (including phenoxy) is 1. The van der Waals surface area contributed by atoms with Crippen molar-refractivity contribution in [3.8, 4) is 0 Å². The number of halogens is 1. The molecule has 0 saturated heterocycles. The number of amides is 1. The van der Waals surface area contributed by atoms with Crippen molar-refractivity contribution in [1.82, 2.24) is 0 Å². The Bertz CT molecular complexity index is 757. The second kappa shape index (κ2) is 5.66. The molecule has 134 valence electrons. The predicted molar refractivity (Wildman–Crippen MR) is 97.7 cm³/mol. The molecule has 2 saturated carbocycles. The third-order valence-corrected chi connectivity index (χ3v) is 7.89. The molecule has 2 aliphatic rings. The Morgan fingerprint density at radius 2 is 1.76 bits per heavy atom. The van der Waals surface area contributed by atoms with Crippen LogP contribution in [0.15, 0.2) is 24.3 Å². The van der Waals surface area contributed by atoms with Crippen LogP contribution in [0.4, 0.5) is 5.69 Å². The van der Waals surface area contributed by atoms with Gasteiger partial charge in [-0.2, -0.15) is 0 Å². The number of carbonyl (C=O) groups excluding carboxylic acids is 3. The Balaban J connectivity index is 1.89. The lowest BCUT2D eigenvalue weighted by molar-refractivity contribution is -0.130. The zero-order valence-corrected chi connectivity index (χ0v) is 16.4. The van der Waals surface area contributed by atoms with Crippen LogP contribution in [0.3, 0.4) is 0 Å². The van der Waals surface area contributed by atoms with E-state index in [9.17, 15) is 14.4 Å². The first-order valence-corrected chi connectivity index (χ1v) is 9.21. The van der Waals surface area contributed by atoms with Gasteiger partial charge in [0.15, 0.2) is 5.78 Å². The number of anilines is 1. The standard InChI is InChI=1S/C19H22BrNO4/c1-17(2)18(3)9-10-19(17,13(20)14(18)22)16(24)21-12-7-5-11(6-8-12)15(23)25-4/h5-8,13H,9-10H2,1-4H3,(H,21,24)/t13-,18+,19+/m1/s1. The van der Waals surface area contributed by atoms with Gasteiger partial charge >= 0.3 is 5.97 Å². The van der Waals surface area contributed by atoms with Crippen LogP contribution in [-0.4, -0.2) is 29.6 Å². The minimum atomic E-state index is -0.778. The van der Waals surface area contributed by atoms with Crippen molar-refractivity contribution in [2.45, 2.75) is 38.4 Å². The van der Waals surface area contributed by atoms with E-state index in [2.05, 4.69) is 26.0 Å². The van der Waals surface area contributed by atoms with E-state index in [1.54, 1.807) is 24.3 Å². The number of alkyl halides is 1. The molecule has 2 aliphatic carbocycles. The normalized spacial score (nSPS) is 32.5. The fourth-order valence-electron chi connectivity index (χ4n) is 4.51. The van der Waals surface area contributed by atoms with Crippen molar-refractivity contribution in [3.05, 3.63) is 29.8 Å². The van der Waals surface area contributed by atoms with Gasteiger partial charge in [-0.25, -0.2) is 4.79 Å². The Kier molecular flexibility index (Phi) is 4.10. The van der Waals surface area contributed by atoms with Crippen LogP contribution in [0.2, 0.25) is 0 Å². The zero-order valence-electron chi connectivity index (χ0n) is 14.8. The smallest absolute Gasteiger partial charge is 0.337 e. The Hall–Kier alpha value is -1.69. The molecule has 0 radical (unpaired) electrons. The van der Waals surface area contributed by atoms with Crippen LogP contribution in [0, 0.1) is 16.2 Å². The summed E-state index contributed by atoms with van der Waals surface area (Å²) in [6.45, 7) is 6.00. The first-order chi connectivity index (χ1) is 11.6. The summed E-state index contributed by atoms with van der Waals surface area (Å²) < 4.78 is 4.67. The van der Waals surface area contributed by atoms with Crippen LogP contribution in [0.5, 0.6) is 0 Å². The number of methoxy groups -OCH3 is 1. The summed E-state index contributed by atoms with van der Waals surface area (Å²) in [5.74, 6) is -0.467. The molecule has 0 spiro atoms. The fourth-order valence-corrected chi connectivity index (χ4v) is 6.02. The van der Waals surface area contributed by atoms with Gasteiger partial charge in [-0.3, -0.25) is 9.59 Å². The van der Waals surface area contributed by atoms with E-state index in [1.165, 1.54) is 7.11 Å². The van der Waals surface area contributed by atoms with E-state index >= 15 is 0 Å². The molecule has 1 aromatic rings. The molecule has 3 atom stereocenters. The number of Topliss-reactive ketones (excluding diaryl/α,β-unsaturated/α-hetero) is 1. The van der Waals surface area contributed by atoms with Crippen LogP contribution >= 0.6 is 15.9 Å². The van der Waals surface area contributed by atoms with E-state index in [0.717, 1.165) is 6.42 Å². The van der Waals surface area contributed by atoms with Gasteiger partial charge < -0.3 is 10.1 Å². The molecule has 25 heavy (non-hydrogen) atoms. The predicted octanol–water partition coefficient (Wildman–Crippen LogP) is 3.57. The number of carbonyl (C=O) groups is 3. The number of hydrogen-bond acceptors (Lipinski definition) is 4. The van der Waals surface area contributed by atoms with E-state index in [-0.39, 0.29) is 11.7 Å². The molecule has 5 nitrogen and oxygen atoms in total. The Morgan fingerprint density at radius 1 is 1.16 bits per heavy atom. The lowest BCUT2D eigenvalue weighted by Gasteiger charge is -2.39. The topological polar surface area (TPSA) is 72.5 Å². The molecule has 0 heterocycles. The van der Waals surface area contributed by atoms with Crippen molar-refractivity contribution in [1.29, 1.82) is 0 Å². The molecular formula is C19H22BrNO4. The molecule has 0 aliphatic heterocycles. The van der Waals surface area contributed by atoms with E-state index in [1.807, 2.05) is 20.8 Å². The average Bonchev–Trinajstić information content (AvgIpc) is 2.86. The van der Waals surface area contributed by atoms with Crippen molar-refractivity contribution < 1.29 is 19.1 Å². The maximum absolute atomic E-state index is 13.2. The van der Waals surface area contributed by atoms with Crippen molar-refractivity contribution in [2.75, 3.05) is 12.4 Å².